The van der Waals surface area contributed by atoms with Gasteiger partial charge in [0.1, 0.15) is 17.6 Å². The summed E-state index contributed by atoms with van der Waals surface area (Å²) in [6, 6.07) is 9.94. The largest absolute Gasteiger partial charge is 0.480 e. The molecular weight excluding hydrogens is 486 g/mol. The van der Waals surface area contributed by atoms with E-state index in [0.717, 1.165) is 9.87 Å². The number of carboxylic acids is 1. The van der Waals surface area contributed by atoms with Crippen LogP contribution in [0.25, 0.3) is 0 Å². The van der Waals surface area contributed by atoms with Crippen LogP contribution in [0.4, 0.5) is 14.5 Å². The molecule has 35 heavy (non-hydrogen) atoms. The second-order valence-corrected chi connectivity index (χ2v) is 10.2. The van der Waals surface area contributed by atoms with E-state index in [-0.39, 0.29) is 24.7 Å². The van der Waals surface area contributed by atoms with Gasteiger partial charge in [-0.2, -0.15) is 26.2 Å². The van der Waals surface area contributed by atoms with Gasteiger partial charge in [-0.3, -0.25) is 9.59 Å². The smallest absolute Gasteiger partial charge is 0.388 e. The maximum absolute atomic E-state index is 13.6. The van der Waals surface area contributed by atoms with Crippen LogP contribution in [0.3, 0.4) is 0 Å². The number of anilines is 1. The number of nitrogens with one attached hydrogen (secondary N) is 2. The minimum Gasteiger partial charge on any atom is -0.480 e. The number of aryl methyl sites for hydroxylation is 1. The second kappa shape index (κ2) is 10.2. The first-order valence-corrected chi connectivity index (χ1v) is 12.1. The van der Waals surface area contributed by atoms with Gasteiger partial charge in [0.05, 0.1) is 0 Å². The van der Waals surface area contributed by atoms with Crippen LogP contribution in [-0.2, 0) is 25.2 Å². The van der Waals surface area contributed by atoms with E-state index in [2.05, 4.69) is 15.0 Å². The molecule has 0 atom stereocenters. The molecule has 1 fully saturated rings. The number of ether oxygens (including phenoxy) is 1. The van der Waals surface area contributed by atoms with Gasteiger partial charge in [0, 0.05) is 18.8 Å². The monoisotopic (exact) mass is 512 g/mol. The maximum Gasteiger partial charge on any atom is 0.388 e. The van der Waals surface area contributed by atoms with Gasteiger partial charge in [-0.15, -0.1) is 0 Å². The van der Waals surface area contributed by atoms with Crippen molar-refractivity contribution in [1.29, 1.82) is 0 Å². The lowest BCUT2D eigenvalue weighted by molar-refractivity contribution is -0.135. The molecular formula is C22H26F2N4O6S. The van der Waals surface area contributed by atoms with E-state index in [0.29, 0.717) is 11.3 Å². The molecule has 190 valence electrons. The van der Waals surface area contributed by atoms with Crippen molar-refractivity contribution in [3.63, 3.8) is 0 Å². The van der Waals surface area contributed by atoms with E-state index >= 15 is 0 Å². The first-order chi connectivity index (χ1) is 16.4. The molecule has 10 nitrogen and oxygen atoms in total. The molecule has 0 saturated carbocycles. The molecule has 0 radical (unpaired) electrons. The molecule has 1 aliphatic rings. The highest BCUT2D eigenvalue weighted by molar-refractivity contribution is 7.87. The zero-order chi connectivity index (χ0) is 26.0. The van der Waals surface area contributed by atoms with Gasteiger partial charge < -0.3 is 15.2 Å². The summed E-state index contributed by atoms with van der Waals surface area (Å²) in [6.07, 6.45) is 0. The van der Waals surface area contributed by atoms with Gasteiger partial charge in [0.15, 0.2) is 0 Å². The first kappa shape index (κ1) is 26.4. The van der Waals surface area contributed by atoms with Gasteiger partial charge in [-0.05, 0) is 36.1 Å². The van der Waals surface area contributed by atoms with E-state index in [1.54, 1.807) is 25.1 Å². The average molecular weight is 513 g/mol. The highest BCUT2D eigenvalue weighted by Crippen LogP contribution is 2.41. The predicted octanol–water partition coefficient (Wildman–Crippen LogP) is 2.23. The van der Waals surface area contributed by atoms with Crippen LogP contribution < -0.4 is 14.8 Å². The predicted molar refractivity (Wildman–Crippen MR) is 123 cm³/mol. The molecule has 1 aliphatic heterocycles. The maximum atomic E-state index is 13.6. The van der Waals surface area contributed by atoms with Gasteiger partial charge in [-0.25, -0.2) is 4.98 Å². The molecule has 1 aromatic heterocycles. The van der Waals surface area contributed by atoms with Crippen molar-refractivity contribution in [2.45, 2.75) is 38.7 Å². The van der Waals surface area contributed by atoms with E-state index in [1.165, 1.54) is 12.1 Å². The number of nitrogens with zero attached hydrogens (tertiary/aromatic N) is 2. The average Bonchev–Trinajstić information content (AvgIpc) is 2.73. The summed E-state index contributed by atoms with van der Waals surface area (Å²) < 4.78 is 58.3. The number of hydrogen-bond donors (Lipinski definition) is 3. The summed E-state index contributed by atoms with van der Waals surface area (Å²) in [5.41, 5.74) is 0.320. The molecule has 0 spiro atoms. The van der Waals surface area contributed by atoms with Crippen molar-refractivity contribution < 1.29 is 36.6 Å². The molecule has 0 bridgehead atoms. The molecule has 1 aromatic carbocycles. The Morgan fingerprint density at radius 1 is 1.20 bits per heavy atom. The number of carboxylic acid groups (broad SMARTS) is 1. The highest BCUT2D eigenvalue weighted by Gasteiger charge is 2.55. The molecule has 13 heteroatoms. The molecule has 2 heterocycles. The second-order valence-electron chi connectivity index (χ2n) is 8.45. The number of rotatable bonds is 10. The Labute approximate surface area is 201 Å². The quantitative estimate of drug-likeness (QED) is 0.444. The Kier molecular flexibility index (Phi) is 7.72. The zero-order valence-corrected chi connectivity index (χ0v) is 20.1. The molecule has 1 amide bonds. The van der Waals surface area contributed by atoms with E-state index in [1.807, 2.05) is 24.6 Å². The van der Waals surface area contributed by atoms with Gasteiger partial charge in [0.25, 0.3) is 10.2 Å². The fourth-order valence-corrected chi connectivity index (χ4v) is 5.16. The van der Waals surface area contributed by atoms with Crippen molar-refractivity contribution in [1.82, 2.24) is 14.0 Å². The van der Waals surface area contributed by atoms with E-state index in [9.17, 15) is 26.8 Å². The Morgan fingerprint density at radius 2 is 1.86 bits per heavy atom. The lowest BCUT2D eigenvalue weighted by Crippen LogP contribution is -2.68. The van der Waals surface area contributed by atoms with Crippen molar-refractivity contribution in [2.75, 3.05) is 25.0 Å². The van der Waals surface area contributed by atoms with Gasteiger partial charge >= 0.3 is 12.6 Å². The topological polar surface area (TPSA) is 138 Å². The number of carbonyl (C=O) groups excluding carboxylic acids is 1. The van der Waals surface area contributed by atoms with Crippen LogP contribution in [0.1, 0.15) is 36.6 Å². The summed E-state index contributed by atoms with van der Waals surface area (Å²) in [4.78, 5) is 28.4. The van der Waals surface area contributed by atoms with Crippen LogP contribution in [0, 0.1) is 6.92 Å². The highest BCUT2D eigenvalue weighted by atomic mass is 32.2. The molecule has 1 saturated heterocycles. The van der Waals surface area contributed by atoms with Gasteiger partial charge in [-0.1, -0.05) is 38.1 Å². The number of carbonyl (C=O) groups is 2. The fourth-order valence-electron chi connectivity index (χ4n) is 3.89. The number of aliphatic carboxylic acids is 1. The lowest BCUT2D eigenvalue weighted by Gasteiger charge is -2.48. The standard InChI is InChI=1S/C22H26F2N4O6S/c1-13(2)15-6-4-5-7-16(15)22(11-28(12-22)35(32,33)25-10-18(29)30)20(31)27-17-9-8-14(3)26-19(17)34-21(23)24/h4-9,13,21,25H,10-12H2,1-3H3,(H,27,31)(H,29,30). The third-order valence-electron chi connectivity index (χ3n) is 5.62. The number of hydrogen-bond acceptors (Lipinski definition) is 6. The molecule has 3 rings (SSSR count). The third-order valence-corrected chi connectivity index (χ3v) is 7.07. The molecule has 0 aliphatic carbocycles. The van der Waals surface area contributed by atoms with E-state index in [4.69, 9.17) is 5.11 Å². The number of aromatic nitrogens is 1. The number of amides is 1. The van der Waals surface area contributed by atoms with Crippen molar-refractivity contribution in [2.24, 2.45) is 0 Å². The number of halogens is 2. The SMILES string of the molecule is Cc1ccc(NC(=O)C2(c3ccccc3C(C)C)CN(S(=O)(=O)NCC(=O)O)C2)c(OC(F)F)n1. The van der Waals surface area contributed by atoms with Crippen LogP contribution in [-0.4, -0.2) is 60.9 Å². The Balaban J connectivity index is 1.99. The summed E-state index contributed by atoms with van der Waals surface area (Å²) in [6.45, 7) is 0.853. The van der Waals surface area contributed by atoms with Gasteiger partial charge in [0.2, 0.25) is 11.8 Å². The molecule has 0 unspecified atom stereocenters. The Bertz CT molecular complexity index is 1220. The number of benzene rings is 1. The summed E-state index contributed by atoms with van der Waals surface area (Å²) in [7, 11) is -4.18. The number of alkyl halides is 2. The van der Waals surface area contributed by atoms with Crippen LogP contribution in [0.5, 0.6) is 5.88 Å². The third kappa shape index (κ3) is 5.74. The van der Waals surface area contributed by atoms with Crippen LogP contribution >= 0.6 is 0 Å². The molecule has 2 aromatic rings. The molecule has 3 N–H and O–H groups in total. The summed E-state index contributed by atoms with van der Waals surface area (Å²) in [5.74, 6) is -2.47. The summed E-state index contributed by atoms with van der Waals surface area (Å²) >= 11 is 0. The first-order valence-electron chi connectivity index (χ1n) is 10.7. The van der Waals surface area contributed by atoms with E-state index < -0.39 is 46.5 Å². The Hall–Kier alpha value is -3.16. The minimum atomic E-state index is -4.18. The van der Waals surface area contributed by atoms with Crippen molar-refractivity contribution >= 4 is 27.8 Å². The normalized spacial score (nSPS) is 15.6. The van der Waals surface area contributed by atoms with Crippen LogP contribution in [0.2, 0.25) is 0 Å². The lowest BCUT2D eigenvalue weighted by atomic mass is 9.71. The fraction of sp³-hybridized carbons (Fsp3) is 0.409. The summed E-state index contributed by atoms with van der Waals surface area (Å²) in [5, 5.41) is 11.4. The van der Waals surface area contributed by atoms with Crippen LogP contribution in [0.15, 0.2) is 36.4 Å². The van der Waals surface area contributed by atoms with Crippen molar-refractivity contribution in [3.8, 4) is 5.88 Å². The Morgan fingerprint density at radius 3 is 2.46 bits per heavy atom. The number of pyridine rings is 1. The zero-order valence-electron chi connectivity index (χ0n) is 19.3. The van der Waals surface area contributed by atoms with Crippen molar-refractivity contribution in [3.05, 3.63) is 53.2 Å². The minimum absolute atomic E-state index is 0.00885.